The Morgan fingerprint density at radius 2 is 1.86 bits per heavy atom. The fourth-order valence-electron chi connectivity index (χ4n) is 3.60. The van der Waals surface area contributed by atoms with E-state index in [4.69, 9.17) is 0 Å². The number of carbonyl (C=O) groups excluding carboxylic acids is 1. The number of alkyl halides is 3. The van der Waals surface area contributed by atoms with E-state index in [0.29, 0.717) is 19.4 Å². The van der Waals surface area contributed by atoms with E-state index >= 15 is 0 Å². The van der Waals surface area contributed by atoms with E-state index in [0.717, 1.165) is 25.9 Å². The highest BCUT2D eigenvalue weighted by molar-refractivity contribution is 5.79. The smallest absolute Gasteiger partial charge is 0.338 e. The number of nitrogens with one attached hydrogen (secondary N) is 1. The van der Waals surface area contributed by atoms with Gasteiger partial charge in [0.15, 0.2) is 0 Å². The normalized spacial score (nSPS) is 31.0. The summed E-state index contributed by atoms with van der Waals surface area (Å²) >= 11 is 0. The van der Waals surface area contributed by atoms with E-state index in [-0.39, 0.29) is 30.7 Å². The lowest BCUT2D eigenvalue weighted by Crippen LogP contribution is -2.50. The van der Waals surface area contributed by atoms with Crippen molar-refractivity contribution in [2.75, 3.05) is 19.6 Å². The lowest BCUT2D eigenvalue weighted by atomic mass is 9.80. The van der Waals surface area contributed by atoms with E-state index in [2.05, 4.69) is 5.32 Å². The molecule has 1 atom stereocenters. The van der Waals surface area contributed by atoms with Crippen molar-refractivity contribution in [2.24, 2.45) is 11.8 Å². The molecule has 3 nitrogen and oxygen atoms in total. The van der Waals surface area contributed by atoms with Crippen molar-refractivity contribution in [2.45, 2.75) is 57.7 Å². The Kier molecular flexibility index (Phi) is 5.52. The zero-order valence-corrected chi connectivity index (χ0v) is 12.6. The van der Waals surface area contributed by atoms with Gasteiger partial charge in [-0.1, -0.05) is 0 Å². The van der Waals surface area contributed by atoms with Crippen molar-refractivity contribution in [1.29, 1.82) is 0 Å². The largest absolute Gasteiger partial charge is 0.391 e. The topological polar surface area (TPSA) is 32.3 Å². The van der Waals surface area contributed by atoms with E-state index in [1.54, 1.807) is 0 Å². The number of hydrogen-bond acceptors (Lipinski definition) is 2. The Labute approximate surface area is 124 Å². The van der Waals surface area contributed by atoms with Crippen molar-refractivity contribution >= 4 is 5.91 Å². The molecule has 2 fully saturated rings. The third-order valence-electron chi connectivity index (χ3n) is 4.87. The zero-order valence-electron chi connectivity index (χ0n) is 12.6. The molecule has 1 amide bonds. The molecule has 1 unspecified atom stereocenters. The first-order chi connectivity index (χ1) is 9.93. The summed E-state index contributed by atoms with van der Waals surface area (Å²) in [6.45, 7) is 4.38. The maximum Gasteiger partial charge on any atom is 0.391 e. The highest BCUT2D eigenvalue weighted by Crippen LogP contribution is 2.40. The Bertz CT molecular complexity index is 345. The van der Waals surface area contributed by atoms with Crippen molar-refractivity contribution in [1.82, 2.24) is 10.2 Å². The fourth-order valence-corrected chi connectivity index (χ4v) is 3.60. The Morgan fingerprint density at radius 1 is 1.19 bits per heavy atom. The second kappa shape index (κ2) is 6.99. The molecule has 0 aromatic heterocycles. The van der Waals surface area contributed by atoms with Crippen molar-refractivity contribution in [3.8, 4) is 0 Å². The molecular weight excluding hydrogens is 281 g/mol. The molecule has 1 aliphatic heterocycles. The molecule has 2 rings (SSSR count). The number of halogens is 3. The predicted molar refractivity (Wildman–Crippen MR) is 74.8 cm³/mol. The van der Waals surface area contributed by atoms with Crippen molar-refractivity contribution < 1.29 is 18.0 Å². The van der Waals surface area contributed by atoms with Crippen LogP contribution in [0.25, 0.3) is 0 Å². The summed E-state index contributed by atoms with van der Waals surface area (Å²) in [7, 11) is 0. The van der Waals surface area contributed by atoms with Gasteiger partial charge in [0, 0.05) is 25.0 Å². The standard InChI is InChI=1S/C15H25F3N2O/c1-2-20(13-4-3-9-19-10-13)14(21)11-5-7-12(8-6-11)15(16,17)18/h11-13,19H,2-10H2,1H3. The number of piperidine rings is 1. The van der Waals surface area contributed by atoms with E-state index in [9.17, 15) is 18.0 Å². The van der Waals surface area contributed by atoms with Crippen molar-refractivity contribution in [3.05, 3.63) is 0 Å². The third kappa shape index (κ3) is 4.11. The summed E-state index contributed by atoms with van der Waals surface area (Å²) in [6, 6.07) is 0.205. The molecule has 1 saturated heterocycles. The van der Waals surface area contributed by atoms with Crippen LogP contribution in [0.2, 0.25) is 0 Å². The van der Waals surface area contributed by atoms with Gasteiger partial charge in [0.1, 0.15) is 0 Å². The molecule has 1 N–H and O–H groups in total. The number of carbonyl (C=O) groups is 1. The van der Waals surface area contributed by atoms with Gasteiger partial charge >= 0.3 is 6.18 Å². The van der Waals surface area contributed by atoms with Crippen LogP contribution < -0.4 is 5.32 Å². The number of rotatable bonds is 3. The maximum absolute atomic E-state index is 12.7. The van der Waals surface area contributed by atoms with Crippen molar-refractivity contribution in [3.63, 3.8) is 0 Å². The van der Waals surface area contributed by atoms with Gasteiger partial charge in [0.2, 0.25) is 5.91 Å². The first-order valence-electron chi connectivity index (χ1n) is 8.01. The Morgan fingerprint density at radius 3 is 2.33 bits per heavy atom. The molecule has 122 valence electrons. The van der Waals surface area contributed by atoms with Gasteiger partial charge in [-0.2, -0.15) is 13.2 Å². The van der Waals surface area contributed by atoms with Crippen LogP contribution in [0.15, 0.2) is 0 Å². The summed E-state index contributed by atoms with van der Waals surface area (Å²) in [5, 5.41) is 3.29. The summed E-state index contributed by atoms with van der Waals surface area (Å²) < 4.78 is 38.0. The van der Waals surface area contributed by atoms with Crippen LogP contribution in [0, 0.1) is 11.8 Å². The SMILES string of the molecule is CCN(C(=O)C1CCC(C(F)(F)F)CC1)C1CCCNC1. The molecule has 1 saturated carbocycles. The molecule has 1 aliphatic carbocycles. The highest BCUT2D eigenvalue weighted by Gasteiger charge is 2.43. The fraction of sp³-hybridized carbons (Fsp3) is 0.933. The lowest BCUT2D eigenvalue weighted by Gasteiger charge is -2.38. The van der Waals surface area contributed by atoms with Gasteiger partial charge in [-0.25, -0.2) is 0 Å². The van der Waals surface area contributed by atoms with E-state index in [1.807, 2.05) is 11.8 Å². The zero-order chi connectivity index (χ0) is 15.5. The van der Waals surface area contributed by atoms with Crippen LogP contribution in [-0.4, -0.2) is 42.7 Å². The average molecular weight is 306 g/mol. The first kappa shape index (κ1) is 16.6. The van der Waals surface area contributed by atoms with Crippen LogP contribution in [0.4, 0.5) is 13.2 Å². The quantitative estimate of drug-likeness (QED) is 0.869. The molecule has 6 heteroatoms. The minimum atomic E-state index is -4.11. The molecule has 0 aromatic rings. The molecular formula is C15H25F3N2O. The van der Waals surface area contributed by atoms with Gasteiger partial charge in [0.05, 0.1) is 5.92 Å². The number of amides is 1. The monoisotopic (exact) mass is 306 g/mol. The third-order valence-corrected chi connectivity index (χ3v) is 4.87. The Hall–Kier alpha value is -0.780. The van der Waals surface area contributed by atoms with Gasteiger partial charge < -0.3 is 10.2 Å². The number of likely N-dealkylation sites (N-methyl/N-ethyl adjacent to an activating group) is 1. The second-order valence-electron chi connectivity index (χ2n) is 6.21. The summed E-state index contributed by atoms with van der Waals surface area (Å²) in [5.41, 5.74) is 0. The second-order valence-corrected chi connectivity index (χ2v) is 6.21. The van der Waals surface area contributed by atoms with Crippen LogP contribution in [-0.2, 0) is 4.79 Å². The average Bonchev–Trinajstić information content (AvgIpc) is 2.48. The molecule has 21 heavy (non-hydrogen) atoms. The van der Waals surface area contributed by atoms with Crippen LogP contribution in [0.3, 0.4) is 0 Å². The van der Waals surface area contributed by atoms with Crippen LogP contribution in [0.5, 0.6) is 0 Å². The summed E-state index contributed by atoms with van der Waals surface area (Å²) in [6.07, 6.45) is -1.12. The molecule has 2 aliphatic rings. The Balaban J connectivity index is 1.90. The molecule has 0 spiro atoms. The predicted octanol–water partition coefficient (Wildman–Crippen LogP) is 2.96. The van der Waals surface area contributed by atoms with Crippen LogP contribution in [0.1, 0.15) is 45.4 Å². The van der Waals surface area contributed by atoms with Crippen LogP contribution >= 0.6 is 0 Å². The number of nitrogens with zero attached hydrogens (tertiary/aromatic N) is 1. The maximum atomic E-state index is 12.7. The molecule has 0 radical (unpaired) electrons. The van der Waals surface area contributed by atoms with Gasteiger partial charge in [-0.3, -0.25) is 4.79 Å². The molecule has 0 bridgehead atoms. The van der Waals surface area contributed by atoms with E-state index in [1.165, 1.54) is 0 Å². The highest BCUT2D eigenvalue weighted by atomic mass is 19.4. The van der Waals surface area contributed by atoms with E-state index < -0.39 is 12.1 Å². The summed E-state index contributed by atoms with van der Waals surface area (Å²) in [5.74, 6) is -1.37. The molecule has 0 aromatic carbocycles. The minimum absolute atomic E-state index is 0.0619. The molecule has 1 heterocycles. The van der Waals surface area contributed by atoms with Gasteiger partial charge in [-0.15, -0.1) is 0 Å². The first-order valence-corrected chi connectivity index (χ1v) is 8.01. The van der Waals surface area contributed by atoms with Gasteiger partial charge in [0.25, 0.3) is 0 Å². The summed E-state index contributed by atoms with van der Waals surface area (Å²) in [4.78, 5) is 14.5. The minimum Gasteiger partial charge on any atom is -0.338 e. The number of hydrogen-bond donors (Lipinski definition) is 1. The lowest BCUT2D eigenvalue weighted by molar-refractivity contribution is -0.185. The van der Waals surface area contributed by atoms with Gasteiger partial charge in [-0.05, 0) is 52.0 Å².